The molecule has 0 spiro atoms. The zero-order chi connectivity index (χ0) is 17.1. The first-order chi connectivity index (χ1) is 11.5. The van der Waals surface area contributed by atoms with Crippen molar-refractivity contribution in [3.8, 4) is 5.69 Å². The Kier molecular flexibility index (Phi) is 4.50. The fourth-order valence-electron chi connectivity index (χ4n) is 2.91. The molecule has 1 aromatic carbocycles. The zero-order valence-electron chi connectivity index (χ0n) is 13.8. The van der Waals surface area contributed by atoms with Crippen molar-refractivity contribution in [3.63, 3.8) is 0 Å². The van der Waals surface area contributed by atoms with Crippen molar-refractivity contribution in [1.29, 1.82) is 0 Å². The number of hydrogen-bond acceptors (Lipinski definition) is 3. The number of hydrogen-bond donors (Lipinski definition) is 2. The number of benzene rings is 1. The molecular weight excluding hydrogens is 306 g/mol. The van der Waals surface area contributed by atoms with Gasteiger partial charge in [0, 0.05) is 49.8 Å². The summed E-state index contributed by atoms with van der Waals surface area (Å²) in [6, 6.07) is 7.51. The summed E-state index contributed by atoms with van der Waals surface area (Å²) in [5.74, 6) is 0.848. The molecule has 2 aromatic rings. The van der Waals surface area contributed by atoms with Crippen molar-refractivity contribution in [2.45, 2.75) is 26.3 Å². The molecule has 0 saturated carbocycles. The standard InChI is InChI=1S/C17H21N5O2/c1-12-18-8-10-22(12)16-5-3-14(4-6-16)20-17(24)21-9-7-15(11-21)19-13(2)23/h3-6,8,10,15H,7,9,11H2,1-2H3,(H,19,23)(H,20,24)/t15-/m1/s1. The number of carbonyl (C=O) groups is 2. The van der Waals surface area contributed by atoms with Gasteiger partial charge in [0.25, 0.3) is 0 Å². The van der Waals surface area contributed by atoms with E-state index in [4.69, 9.17) is 0 Å². The van der Waals surface area contributed by atoms with Crippen molar-refractivity contribution < 1.29 is 9.59 Å². The van der Waals surface area contributed by atoms with Crippen LogP contribution in [0.1, 0.15) is 19.2 Å². The number of amides is 3. The Hall–Kier alpha value is -2.83. The molecule has 2 heterocycles. The first kappa shape index (κ1) is 16.0. The molecule has 3 amide bonds. The topological polar surface area (TPSA) is 79.3 Å². The third-order valence-corrected chi connectivity index (χ3v) is 4.11. The number of nitrogens with one attached hydrogen (secondary N) is 2. The molecular formula is C17H21N5O2. The lowest BCUT2D eigenvalue weighted by Crippen LogP contribution is -2.38. The summed E-state index contributed by atoms with van der Waals surface area (Å²) in [6.45, 7) is 4.61. The van der Waals surface area contributed by atoms with Gasteiger partial charge in [-0.3, -0.25) is 4.79 Å². The summed E-state index contributed by atoms with van der Waals surface area (Å²) in [7, 11) is 0. The molecule has 3 rings (SSSR count). The molecule has 24 heavy (non-hydrogen) atoms. The van der Waals surface area contributed by atoms with Crippen LogP contribution in [-0.2, 0) is 4.79 Å². The van der Waals surface area contributed by atoms with Crippen LogP contribution in [0.2, 0.25) is 0 Å². The van der Waals surface area contributed by atoms with Crippen molar-refractivity contribution in [1.82, 2.24) is 19.8 Å². The molecule has 2 N–H and O–H groups in total. The molecule has 0 bridgehead atoms. The Balaban J connectivity index is 1.59. The van der Waals surface area contributed by atoms with Crippen LogP contribution in [0.5, 0.6) is 0 Å². The highest BCUT2D eigenvalue weighted by Gasteiger charge is 2.26. The van der Waals surface area contributed by atoms with Crippen LogP contribution in [0.4, 0.5) is 10.5 Å². The van der Waals surface area contributed by atoms with E-state index in [0.29, 0.717) is 13.1 Å². The van der Waals surface area contributed by atoms with E-state index < -0.39 is 0 Å². The third kappa shape index (κ3) is 3.56. The Morgan fingerprint density at radius 1 is 1.25 bits per heavy atom. The van der Waals surface area contributed by atoms with Gasteiger partial charge in [-0.1, -0.05) is 0 Å². The largest absolute Gasteiger partial charge is 0.352 e. The van der Waals surface area contributed by atoms with Crippen LogP contribution in [0.15, 0.2) is 36.7 Å². The van der Waals surface area contributed by atoms with Crippen LogP contribution < -0.4 is 10.6 Å². The van der Waals surface area contributed by atoms with Gasteiger partial charge in [0.05, 0.1) is 0 Å². The van der Waals surface area contributed by atoms with E-state index in [1.54, 1.807) is 11.1 Å². The average molecular weight is 327 g/mol. The molecule has 126 valence electrons. The predicted molar refractivity (Wildman–Crippen MR) is 91.1 cm³/mol. The van der Waals surface area contributed by atoms with Gasteiger partial charge >= 0.3 is 6.03 Å². The van der Waals surface area contributed by atoms with Gasteiger partial charge in [-0.05, 0) is 37.6 Å². The number of rotatable bonds is 3. The molecule has 1 saturated heterocycles. The maximum absolute atomic E-state index is 12.3. The fraction of sp³-hybridized carbons (Fsp3) is 0.353. The van der Waals surface area contributed by atoms with E-state index in [2.05, 4.69) is 15.6 Å². The summed E-state index contributed by atoms with van der Waals surface area (Å²) in [4.78, 5) is 29.3. The minimum atomic E-state index is -0.144. The van der Waals surface area contributed by atoms with E-state index in [1.165, 1.54) is 6.92 Å². The van der Waals surface area contributed by atoms with E-state index >= 15 is 0 Å². The van der Waals surface area contributed by atoms with E-state index in [0.717, 1.165) is 23.6 Å². The van der Waals surface area contributed by atoms with Gasteiger partial charge in [-0.25, -0.2) is 9.78 Å². The van der Waals surface area contributed by atoms with Gasteiger partial charge in [-0.2, -0.15) is 0 Å². The maximum Gasteiger partial charge on any atom is 0.321 e. The molecule has 7 nitrogen and oxygen atoms in total. The summed E-state index contributed by atoms with van der Waals surface area (Å²) in [6.07, 6.45) is 4.44. The van der Waals surface area contributed by atoms with E-state index in [1.807, 2.05) is 42.0 Å². The van der Waals surface area contributed by atoms with Crippen LogP contribution in [0.3, 0.4) is 0 Å². The van der Waals surface area contributed by atoms with Crippen LogP contribution >= 0.6 is 0 Å². The number of nitrogens with zero attached hydrogens (tertiary/aromatic N) is 3. The molecule has 0 unspecified atom stereocenters. The Morgan fingerprint density at radius 3 is 2.62 bits per heavy atom. The molecule has 7 heteroatoms. The highest BCUT2D eigenvalue weighted by Crippen LogP contribution is 2.16. The van der Waals surface area contributed by atoms with Crippen molar-refractivity contribution in [2.24, 2.45) is 0 Å². The second-order valence-corrected chi connectivity index (χ2v) is 5.95. The second kappa shape index (κ2) is 6.74. The number of likely N-dealkylation sites (tertiary alicyclic amines) is 1. The Morgan fingerprint density at radius 2 is 2.00 bits per heavy atom. The lowest BCUT2D eigenvalue weighted by atomic mass is 10.2. The SMILES string of the molecule is CC(=O)N[C@@H]1CCN(C(=O)Nc2ccc(-n3ccnc3C)cc2)C1. The molecule has 0 radical (unpaired) electrons. The normalized spacial score (nSPS) is 16.9. The number of urea groups is 1. The van der Waals surface area contributed by atoms with Gasteiger partial charge in [0.1, 0.15) is 5.82 Å². The number of carbonyl (C=O) groups excluding carboxylic acids is 2. The molecule has 1 atom stereocenters. The lowest BCUT2D eigenvalue weighted by Gasteiger charge is -2.18. The number of aryl methyl sites for hydroxylation is 1. The second-order valence-electron chi connectivity index (χ2n) is 5.95. The summed E-state index contributed by atoms with van der Waals surface area (Å²) >= 11 is 0. The smallest absolute Gasteiger partial charge is 0.321 e. The minimum absolute atomic E-state index is 0.0415. The quantitative estimate of drug-likeness (QED) is 0.904. The molecule has 0 aliphatic carbocycles. The number of anilines is 1. The minimum Gasteiger partial charge on any atom is -0.352 e. The Bertz CT molecular complexity index is 738. The number of imidazole rings is 1. The average Bonchev–Trinajstić information content (AvgIpc) is 3.17. The Labute approximate surface area is 140 Å². The van der Waals surface area contributed by atoms with Gasteiger partial charge in [0.2, 0.25) is 5.91 Å². The lowest BCUT2D eigenvalue weighted by molar-refractivity contribution is -0.119. The predicted octanol–water partition coefficient (Wildman–Crippen LogP) is 1.92. The fourth-order valence-corrected chi connectivity index (χ4v) is 2.91. The van der Waals surface area contributed by atoms with Crippen LogP contribution in [0, 0.1) is 6.92 Å². The summed E-state index contributed by atoms with van der Waals surface area (Å²) < 4.78 is 1.98. The van der Waals surface area contributed by atoms with Crippen LogP contribution in [0.25, 0.3) is 5.69 Å². The van der Waals surface area contributed by atoms with E-state index in [9.17, 15) is 9.59 Å². The van der Waals surface area contributed by atoms with Gasteiger partial charge in [-0.15, -0.1) is 0 Å². The number of aromatic nitrogens is 2. The molecule has 1 aliphatic heterocycles. The summed E-state index contributed by atoms with van der Waals surface area (Å²) in [5.41, 5.74) is 1.74. The van der Waals surface area contributed by atoms with Crippen molar-refractivity contribution in [2.75, 3.05) is 18.4 Å². The van der Waals surface area contributed by atoms with E-state index in [-0.39, 0.29) is 18.0 Å². The monoisotopic (exact) mass is 327 g/mol. The van der Waals surface area contributed by atoms with Crippen LogP contribution in [-0.4, -0.2) is 45.5 Å². The molecule has 1 aromatic heterocycles. The highest BCUT2D eigenvalue weighted by molar-refractivity contribution is 5.89. The van der Waals surface area contributed by atoms with Crippen molar-refractivity contribution in [3.05, 3.63) is 42.5 Å². The highest BCUT2D eigenvalue weighted by atomic mass is 16.2. The third-order valence-electron chi connectivity index (χ3n) is 4.11. The first-order valence-corrected chi connectivity index (χ1v) is 7.96. The van der Waals surface area contributed by atoms with Gasteiger partial charge < -0.3 is 20.1 Å². The molecule has 1 fully saturated rings. The maximum atomic E-state index is 12.3. The van der Waals surface area contributed by atoms with Crippen molar-refractivity contribution >= 4 is 17.6 Å². The van der Waals surface area contributed by atoms with Gasteiger partial charge in [0.15, 0.2) is 0 Å². The molecule has 1 aliphatic rings. The zero-order valence-corrected chi connectivity index (χ0v) is 13.8. The first-order valence-electron chi connectivity index (χ1n) is 7.96. The summed E-state index contributed by atoms with van der Waals surface area (Å²) in [5, 5.41) is 5.74.